The Bertz CT molecular complexity index is 2880. The van der Waals surface area contributed by atoms with Gasteiger partial charge < -0.3 is 16.0 Å². The van der Waals surface area contributed by atoms with Gasteiger partial charge in [0.1, 0.15) is 23.3 Å². The average molecular weight is 903 g/mol. The first kappa shape index (κ1) is 46.0. The quantitative estimate of drug-likeness (QED) is 0.126. The first-order chi connectivity index (χ1) is 32.1. The number of rotatable bonds is 10. The minimum absolute atomic E-state index is 0.124. The van der Waals surface area contributed by atoms with E-state index in [9.17, 15) is 17.2 Å². The van der Waals surface area contributed by atoms with Gasteiger partial charge in [0.2, 0.25) is 10.0 Å². The van der Waals surface area contributed by atoms with E-state index in [1.165, 1.54) is 62.6 Å². The summed E-state index contributed by atoms with van der Waals surface area (Å²) in [7, 11) is -3.67. The molecule has 0 amide bonds. The summed E-state index contributed by atoms with van der Waals surface area (Å²) in [5.41, 5.74) is 3.63. The van der Waals surface area contributed by atoms with E-state index in [0.717, 1.165) is 60.4 Å². The topological polar surface area (TPSA) is 99.2 Å². The highest BCUT2D eigenvalue weighted by Gasteiger charge is 2.40. The van der Waals surface area contributed by atoms with Gasteiger partial charge in [-0.3, -0.25) is 0 Å². The first-order valence-corrected chi connectivity index (χ1v) is 24.0. The van der Waals surface area contributed by atoms with Gasteiger partial charge in [0.15, 0.2) is 0 Å². The number of aromatic nitrogens is 2. The van der Waals surface area contributed by atoms with Crippen LogP contribution < -0.4 is 16.0 Å². The van der Waals surface area contributed by atoms with Crippen LogP contribution in [0.1, 0.15) is 42.4 Å². The van der Waals surface area contributed by atoms with E-state index in [-0.39, 0.29) is 21.5 Å². The third-order valence-electron chi connectivity index (χ3n) is 13.0. The van der Waals surface area contributed by atoms with Gasteiger partial charge in [0.25, 0.3) is 0 Å². The Morgan fingerprint density at radius 3 is 1.44 bits per heavy atom. The van der Waals surface area contributed by atoms with Crippen molar-refractivity contribution >= 4 is 43.2 Å². The van der Waals surface area contributed by atoms with Crippen molar-refractivity contribution in [1.82, 2.24) is 19.6 Å². The van der Waals surface area contributed by atoms with E-state index >= 15 is 0 Å². The average Bonchev–Trinajstić information content (AvgIpc) is 3.37. The summed E-state index contributed by atoms with van der Waals surface area (Å²) in [6.07, 6.45) is 7.31. The summed E-state index contributed by atoms with van der Waals surface area (Å²) >= 11 is 0. The maximum absolute atomic E-state index is 13.3. The third-order valence-corrected chi connectivity index (χ3v) is 14.9. The molecule has 6 aromatic carbocycles. The molecule has 0 radical (unpaired) electrons. The number of pyridine rings is 2. The van der Waals surface area contributed by atoms with Gasteiger partial charge in [0.05, 0.1) is 4.90 Å². The van der Waals surface area contributed by atoms with Crippen molar-refractivity contribution in [1.29, 1.82) is 0 Å². The monoisotopic (exact) mass is 902 g/mol. The van der Waals surface area contributed by atoms with Crippen LogP contribution in [0.5, 0.6) is 0 Å². The third kappa shape index (κ3) is 10.9. The fourth-order valence-corrected chi connectivity index (χ4v) is 10.5. The molecule has 2 aliphatic heterocycles. The molecule has 0 saturated carbocycles. The molecule has 10 rings (SSSR count). The fraction of sp³-hybridized carbons (Fsp3) is 0.236. The van der Waals surface area contributed by atoms with E-state index in [1.807, 2.05) is 49.5 Å². The molecule has 0 unspecified atom stereocenters. The smallest absolute Gasteiger partial charge is 0.243 e. The van der Waals surface area contributed by atoms with Crippen LogP contribution in [0.25, 0.3) is 21.5 Å². The van der Waals surface area contributed by atoms with Crippen LogP contribution in [-0.2, 0) is 20.9 Å². The minimum Gasteiger partial charge on any atom is -0.369 e. The van der Waals surface area contributed by atoms with Crippen molar-refractivity contribution < 1.29 is 17.2 Å². The number of benzene rings is 6. The lowest BCUT2D eigenvalue weighted by molar-refractivity contribution is 0.242. The van der Waals surface area contributed by atoms with Gasteiger partial charge >= 0.3 is 0 Å². The molecule has 4 heterocycles. The summed E-state index contributed by atoms with van der Waals surface area (Å²) in [4.78, 5) is 9.28. The number of nitrogens with one attached hydrogen (secondary N) is 3. The van der Waals surface area contributed by atoms with Crippen molar-refractivity contribution in [2.75, 3.05) is 49.9 Å². The molecule has 2 aromatic heterocycles. The predicted molar refractivity (Wildman–Crippen MR) is 264 cm³/mol. The molecule has 8 aromatic rings. The number of nitrogens with zero attached hydrogens (tertiary/aromatic N) is 3. The molecular formula is C55H56F2N6O2S. The Hall–Kier alpha value is -6.53. The number of anilines is 2. The van der Waals surface area contributed by atoms with Gasteiger partial charge in [0, 0.05) is 60.2 Å². The molecule has 11 heteroatoms. The normalized spacial score (nSPS) is 15.7. The molecule has 0 aliphatic carbocycles. The van der Waals surface area contributed by atoms with Gasteiger partial charge in [-0.1, -0.05) is 127 Å². The van der Waals surface area contributed by atoms with Gasteiger partial charge in [-0.05, 0) is 116 Å². The largest absolute Gasteiger partial charge is 0.369 e. The zero-order valence-electron chi connectivity index (χ0n) is 37.2. The molecule has 3 N–H and O–H groups in total. The molecule has 0 atom stereocenters. The first-order valence-electron chi connectivity index (χ1n) is 22.6. The van der Waals surface area contributed by atoms with Crippen LogP contribution in [0, 0.1) is 18.6 Å². The number of halogens is 2. The van der Waals surface area contributed by atoms with Gasteiger partial charge in [-0.2, -0.15) is 4.31 Å². The Kier molecular flexibility index (Phi) is 14.8. The second-order valence-electron chi connectivity index (χ2n) is 17.2. The van der Waals surface area contributed by atoms with Crippen LogP contribution in [0.3, 0.4) is 0 Å². The molecule has 338 valence electrons. The summed E-state index contributed by atoms with van der Waals surface area (Å²) in [5, 5.41) is 15.3. The fourth-order valence-electron chi connectivity index (χ4n) is 9.09. The Morgan fingerprint density at radius 1 is 0.545 bits per heavy atom. The highest BCUT2D eigenvalue weighted by Crippen LogP contribution is 2.38. The van der Waals surface area contributed by atoms with Crippen molar-refractivity contribution in [2.45, 2.75) is 48.3 Å². The molecular weight excluding hydrogens is 847 g/mol. The minimum atomic E-state index is -3.67. The molecule has 8 nitrogen and oxygen atoms in total. The van der Waals surface area contributed by atoms with Crippen LogP contribution in [0.4, 0.5) is 20.4 Å². The second kappa shape index (κ2) is 21.2. The Morgan fingerprint density at radius 2 is 0.970 bits per heavy atom. The molecule has 0 bridgehead atoms. The van der Waals surface area contributed by atoms with E-state index in [0.29, 0.717) is 32.5 Å². The zero-order chi connectivity index (χ0) is 45.8. The van der Waals surface area contributed by atoms with Crippen molar-refractivity contribution in [3.05, 3.63) is 211 Å². The molecule has 2 fully saturated rings. The van der Waals surface area contributed by atoms with Crippen LogP contribution in [0.2, 0.25) is 0 Å². The highest BCUT2D eigenvalue weighted by atomic mass is 32.2. The molecule has 2 aliphatic rings. The number of hydrogen-bond acceptors (Lipinski definition) is 7. The number of fused-ring (bicyclic) bond motifs is 2. The Balaban J connectivity index is 0.000000160. The summed E-state index contributed by atoms with van der Waals surface area (Å²) in [6, 6.07) is 53.2. The number of aryl methyl sites for hydroxylation is 1. The predicted octanol–water partition coefficient (Wildman–Crippen LogP) is 11.3. The highest BCUT2D eigenvalue weighted by molar-refractivity contribution is 7.89. The lowest BCUT2D eigenvalue weighted by Gasteiger charge is -2.42. The summed E-state index contributed by atoms with van der Waals surface area (Å²) in [6.45, 7) is 6.40. The Labute approximate surface area is 387 Å². The van der Waals surface area contributed by atoms with Crippen molar-refractivity contribution in [2.24, 2.45) is 0 Å². The maximum Gasteiger partial charge on any atom is 0.243 e. The van der Waals surface area contributed by atoms with Crippen LogP contribution in [-0.4, -0.2) is 62.0 Å². The van der Waals surface area contributed by atoms with Crippen molar-refractivity contribution in [3.63, 3.8) is 0 Å². The summed E-state index contributed by atoms with van der Waals surface area (Å²) in [5.74, 6) is 1.20. The van der Waals surface area contributed by atoms with Crippen LogP contribution in [0.15, 0.2) is 187 Å². The maximum atomic E-state index is 13.3. The number of hydrogen-bond donors (Lipinski definition) is 3. The van der Waals surface area contributed by atoms with E-state index < -0.39 is 15.8 Å². The van der Waals surface area contributed by atoms with Gasteiger partial charge in [-0.15, -0.1) is 0 Å². The van der Waals surface area contributed by atoms with E-state index in [4.69, 9.17) is 0 Å². The SMILES string of the molecule is Cc1ccc(F)cc1.O=S(=O)(c1ccc(F)cc1)N1CCC(CNc2nccc3ccccc23)(c2ccccc2)CC1.c1ccc(C2(CNc3nccc4ccccc34)CCNCC2)cc1. The molecule has 2 saturated heterocycles. The lowest BCUT2D eigenvalue weighted by Crippen LogP contribution is -2.48. The summed E-state index contributed by atoms with van der Waals surface area (Å²) < 4.78 is 53.2. The van der Waals surface area contributed by atoms with Crippen LogP contribution >= 0.6 is 0 Å². The second-order valence-corrected chi connectivity index (χ2v) is 19.1. The van der Waals surface area contributed by atoms with Crippen molar-refractivity contribution in [3.8, 4) is 0 Å². The van der Waals surface area contributed by atoms with Gasteiger partial charge in [-0.25, -0.2) is 27.2 Å². The lowest BCUT2D eigenvalue weighted by atomic mass is 9.73. The number of piperidine rings is 2. The molecule has 0 spiro atoms. The zero-order valence-corrected chi connectivity index (χ0v) is 38.0. The molecule has 66 heavy (non-hydrogen) atoms. The van der Waals surface area contributed by atoms with E-state index in [1.54, 1.807) is 18.3 Å². The van der Waals surface area contributed by atoms with E-state index in [2.05, 4.69) is 111 Å². The number of sulfonamides is 1. The standard InChI is InChI=1S/C27H26FN3O2S.C21H23N3.C7H7F/c28-23-10-12-24(13-11-23)34(32,33)31-18-15-27(16-19-31,22-7-2-1-3-8-22)20-30-26-25-9-5-4-6-21(25)14-17-29-26;1-2-7-18(8-3-1)21(11-14-22-15-12-21)16-24-20-19-9-5-4-6-17(19)10-13-23-20;1-6-2-4-7(8)5-3-6/h1-14,17H,15-16,18-20H2,(H,29,30);1-10,13,22H,11-12,14-16H2,(H,23,24);2-5H,1H3.